The molecule has 2 heterocycles. The van der Waals surface area contributed by atoms with Gasteiger partial charge in [-0.1, -0.05) is 0 Å². The molecule has 4 aromatic carbocycles. The zero-order chi connectivity index (χ0) is 28.9. The fourth-order valence-corrected chi connectivity index (χ4v) is 14.3. The average molecular weight is 725 g/mol. The van der Waals surface area contributed by atoms with Crippen molar-refractivity contribution in [3.05, 3.63) is 142 Å². The molecule has 2 atom stereocenters. The fraction of sp³-hybridized carbons (Fsp3) is 0.200. The number of aryl methyl sites for hydroxylation is 2. The Bertz CT molecular complexity index is 1900. The van der Waals surface area contributed by atoms with E-state index in [1.54, 1.807) is 0 Å². The SMILES string of the molecule is CCCc1ccc(C2=Cc3c(ccc4ccccc34)[CH]2[Hf][CH]2C(c3ccc(CCC)o3)=Cc3c2ccc2ccccc32)o1. The van der Waals surface area contributed by atoms with Gasteiger partial charge in [-0.05, 0) is 0 Å². The molecule has 2 aliphatic carbocycles. The van der Waals surface area contributed by atoms with E-state index in [4.69, 9.17) is 8.83 Å². The molecule has 0 fully saturated rings. The van der Waals surface area contributed by atoms with Crippen molar-refractivity contribution in [2.45, 2.75) is 46.9 Å². The van der Waals surface area contributed by atoms with E-state index in [0.29, 0.717) is 7.35 Å². The molecular weight excluding hydrogens is 691 g/mol. The van der Waals surface area contributed by atoms with Crippen LogP contribution in [0.5, 0.6) is 0 Å². The van der Waals surface area contributed by atoms with Crippen LogP contribution in [0.2, 0.25) is 0 Å². The Morgan fingerprint density at radius 2 is 1.00 bits per heavy atom. The Kier molecular flexibility index (Phi) is 6.95. The second-order valence-electron chi connectivity index (χ2n) is 11.8. The van der Waals surface area contributed by atoms with E-state index in [2.05, 4.69) is 123 Å². The van der Waals surface area contributed by atoms with Gasteiger partial charge in [0.05, 0.1) is 0 Å². The number of hydrogen-bond donors (Lipinski definition) is 0. The van der Waals surface area contributed by atoms with Crippen LogP contribution in [0.15, 0.2) is 106 Å². The Hall–Kier alpha value is -3.69. The number of hydrogen-bond acceptors (Lipinski definition) is 2. The third-order valence-corrected chi connectivity index (χ3v) is 15.9. The summed E-state index contributed by atoms with van der Waals surface area (Å²) in [6.07, 6.45) is 9.03. The second kappa shape index (κ2) is 11.1. The molecule has 2 nitrogen and oxygen atoms in total. The van der Waals surface area contributed by atoms with Crippen molar-refractivity contribution in [3.8, 4) is 0 Å². The van der Waals surface area contributed by atoms with Gasteiger partial charge in [-0.3, -0.25) is 0 Å². The number of allylic oxidation sites excluding steroid dienone is 2. The maximum atomic E-state index is 6.54. The average Bonchev–Trinajstić information content (AvgIpc) is 3.83. The summed E-state index contributed by atoms with van der Waals surface area (Å²) >= 11 is -1.54. The molecule has 0 aliphatic heterocycles. The zero-order valence-corrected chi connectivity index (χ0v) is 28.3. The molecule has 2 unspecified atom stereocenters. The van der Waals surface area contributed by atoms with E-state index in [9.17, 15) is 0 Å². The van der Waals surface area contributed by atoms with Crippen molar-refractivity contribution in [2.75, 3.05) is 0 Å². The summed E-state index contributed by atoms with van der Waals surface area (Å²) in [5.41, 5.74) is 8.46. The van der Waals surface area contributed by atoms with Gasteiger partial charge in [0.15, 0.2) is 0 Å². The molecule has 2 aromatic heterocycles. The van der Waals surface area contributed by atoms with E-state index in [1.165, 1.54) is 54.9 Å². The minimum atomic E-state index is -1.54. The summed E-state index contributed by atoms with van der Waals surface area (Å²) in [7, 11) is 0. The van der Waals surface area contributed by atoms with Gasteiger partial charge in [-0.2, -0.15) is 0 Å². The van der Waals surface area contributed by atoms with Gasteiger partial charge in [-0.15, -0.1) is 0 Å². The van der Waals surface area contributed by atoms with Crippen LogP contribution in [0, 0.1) is 0 Å². The fourth-order valence-electron chi connectivity index (χ4n) is 7.04. The van der Waals surface area contributed by atoms with Gasteiger partial charge >= 0.3 is 266 Å². The van der Waals surface area contributed by atoms with Crippen molar-refractivity contribution >= 4 is 44.8 Å². The zero-order valence-electron chi connectivity index (χ0n) is 24.7. The summed E-state index contributed by atoms with van der Waals surface area (Å²) in [4.78, 5) is 0. The van der Waals surface area contributed by atoms with Crippen LogP contribution in [0.4, 0.5) is 0 Å². The molecule has 6 aromatic rings. The molecule has 0 bridgehead atoms. The minimum absolute atomic E-state index is 0.399. The first-order valence-electron chi connectivity index (χ1n) is 15.6. The Balaban J connectivity index is 1.28. The molecule has 3 heteroatoms. The molecule has 0 radical (unpaired) electrons. The van der Waals surface area contributed by atoms with Crippen LogP contribution in [-0.2, 0) is 35.7 Å². The van der Waals surface area contributed by atoms with E-state index >= 15 is 0 Å². The number of benzene rings is 4. The molecule has 210 valence electrons. The van der Waals surface area contributed by atoms with Crippen LogP contribution in [0.1, 0.15) is 79.3 Å². The first-order chi connectivity index (χ1) is 21.2. The van der Waals surface area contributed by atoms with Crippen LogP contribution < -0.4 is 0 Å². The monoisotopic (exact) mass is 726 g/mol. The number of fused-ring (bicyclic) bond motifs is 6. The van der Waals surface area contributed by atoms with E-state index in [-0.39, 0.29) is 0 Å². The molecule has 0 N–H and O–H groups in total. The Morgan fingerprint density at radius 3 is 1.47 bits per heavy atom. The molecule has 2 aliphatic rings. The van der Waals surface area contributed by atoms with Crippen molar-refractivity contribution in [2.24, 2.45) is 0 Å². The molecule has 0 spiro atoms. The maximum absolute atomic E-state index is 6.54. The second-order valence-corrected chi connectivity index (χ2v) is 17.2. The van der Waals surface area contributed by atoms with Crippen LogP contribution in [-0.4, -0.2) is 0 Å². The molecule has 0 saturated carbocycles. The van der Waals surface area contributed by atoms with E-state index < -0.39 is 22.9 Å². The number of furan rings is 2. The van der Waals surface area contributed by atoms with Gasteiger partial charge in [0.2, 0.25) is 0 Å². The first kappa shape index (κ1) is 26.9. The first-order valence-corrected chi connectivity index (χ1v) is 19.8. The third kappa shape index (κ3) is 4.64. The van der Waals surface area contributed by atoms with Gasteiger partial charge in [0.25, 0.3) is 0 Å². The van der Waals surface area contributed by atoms with Crippen molar-refractivity contribution < 1.29 is 31.7 Å². The standard InChI is InChI=1S/2C20H17O.Hf/c2*1-2-5-17-10-11-20(21-17)16-12-15-9-8-14-6-3-4-7-18(14)19(15)13-16;/h2*3-4,6-13H,2,5H2,1H3;. The molecule has 43 heavy (non-hydrogen) atoms. The summed E-state index contributed by atoms with van der Waals surface area (Å²) in [5.74, 6) is 4.27. The predicted octanol–water partition coefficient (Wildman–Crippen LogP) is 11.1. The summed E-state index contributed by atoms with van der Waals surface area (Å²) < 4.78 is 13.9. The normalized spacial score (nSPS) is 17.3. The van der Waals surface area contributed by atoms with Crippen molar-refractivity contribution in [3.63, 3.8) is 0 Å². The van der Waals surface area contributed by atoms with E-state index in [1.807, 2.05) is 0 Å². The molecule has 0 saturated heterocycles. The van der Waals surface area contributed by atoms with Crippen LogP contribution in [0.25, 0.3) is 44.8 Å². The predicted molar refractivity (Wildman–Crippen MR) is 175 cm³/mol. The van der Waals surface area contributed by atoms with Gasteiger partial charge in [-0.25, -0.2) is 0 Å². The summed E-state index contributed by atoms with van der Waals surface area (Å²) in [6.45, 7) is 4.43. The summed E-state index contributed by atoms with van der Waals surface area (Å²) in [6, 6.07) is 35.9. The summed E-state index contributed by atoms with van der Waals surface area (Å²) in [5, 5.41) is 5.28. The van der Waals surface area contributed by atoms with E-state index in [0.717, 1.165) is 48.7 Å². The van der Waals surface area contributed by atoms with Crippen molar-refractivity contribution in [1.29, 1.82) is 0 Å². The molecule has 8 rings (SSSR count). The van der Waals surface area contributed by atoms with Crippen molar-refractivity contribution in [1.82, 2.24) is 0 Å². The van der Waals surface area contributed by atoms with Crippen LogP contribution in [0.3, 0.4) is 0 Å². The Labute approximate surface area is 264 Å². The van der Waals surface area contributed by atoms with Crippen LogP contribution >= 0.6 is 0 Å². The topological polar surface area (TPSA) is 26.3 Å². The van der Waals surface area contributed by atoms with Gasteiger partial charge in [0, 0.05) is 0 Å². The molecule has 0 amide bonds. The molecular formula is C40H34HfO2. The third-order valence-electron chi connectivity index (χ3n) is 9.07. The number of rotatable bonds is 8. The Morgan fingerprint density at radius 1 is 0.535 bits per heavy atom. The quantitative estimate of drug-likeness (QED) is 0.146. The van der Waals surface area contributed by atoms with Gasteiger partial charge in [0.1, 0.15) is 0 Å². The van der Waals surface area contributed by atoms with Gasteiger partial charge < -0.3 is 0 Å².